The van der Waals surface area contributed by atoms with E-state index >= 15 is 0 Å². The van der Waals surface area contributed by atoms with Crippen LogP contribution in [0.3, 0.4) is 0 Å². The van der Waals surface area contributed by atoms with Gasteiger partial charge in [-0.1, -0.05) is 54.0 Å². The lowest BCUT2D eigenvalue weighted by Gasteiger charge is -2.70. The predicted octanol–water partition coefficient (Wildman–Crippen LogP) is 3.75. The Hall–Kier alpha value is -1.85. The molecule has 260 valence electrons. The van der Waals surface area contributed by atoms with E-state index in [1.807, 2.05) is 6.92 Å². The van der Waals surface area contributed by atoms with Crippen LogP contribution in [0.1, 0.15) is 87.5 Å². The summed E-state index contributed by atoms with van der Waals surface area (Å²) in [6.45, 7) is 15.7. The van der Waals surface area contributed by atoms with E-state index in [-0.39, 0.29) is 42.6 Å². The van der Waals surface area contributed by atoms with Crippen molar-refractivity contribution in [3.8, 4) is 0 Å². The molecule has 5 rings (SSSR count). The summed E-state index contributed by atoms with van der Waals surface area (Å²) >= 11 is 0. The average Bonchev–Trinajstić information content (AvgIpc) is 2.97. The number of carboxylic acids is 1. The summed E-state index contributed by atoms with van der Waals surface area (Å²) in [6.07, 6.45) is 3.90. The standard InChI is InChI=1S/C36H57NO9/c1-20(2)21(3)31(5)11-12-33(7)23-9-10-26-32(6)17-44-19-36(26,24(23)13-27(40)34(33,8)28(31)30(41)42)14-25(46-22(4)39)29(32)45-18-35(43,15-37)16-38/h13,20-21,23,25-26,28-29,38,43H,9-12,14-19,37H2,1-8H3,(H,41,42)/t21-,23+,25-,26+,28-,29+,31-,32-,33-,34+,35-,36+/m1/s1. The molecule has 5 aliphatic rings. The van der Waals surface area contributed by atoms with Crippen molar-refractivity contribution in [3.63, 3.8) is 0 Å². The Labute approximate surface area is 273 Å². The molecule has 0 aromatic heterocycles. The van der Waals surface area contributed by atoms with Crippen molar-refractivity contribution in [1.29, 1.82) is 0 Å². The van der Waals surface area contributed by atoms with Gasteiger partial charge in [-0.05, 0) is 72.7 Å². The van der Waals surface area contributed by atoms with Gasteiger partial charge in [0.2, 0.25) is 0 Å². The molecule has 1 aliphatic heterocycles. The topological polar surface area (TPSA) is 166 Å². The molecule has 0 spiro atoms. The van der Waals surface area contributed by atoms with Gasteiger partial charge < -0.3 is 35.3 Å². The predicted molar refractivity (Wildman–Crippen MR) is 170 cm³/mol. The molecular weight excluding hydrogens is 590 g/mol. The molecule has 2 bridgehead atoms. The zero-order valence-corrected chi connectivity index (χ0v) is 29.1. The van der Waals surface area contributed by atoms with Gasteiger partial charge in [-0.3, -0.25) is 14.4 Å². The molecule has 0 aromatic rings. The molecule has 4 aliphatic carbocycles. The minimum atomic E-state index is -1.64. The van der Waals surface area contributed by atoms with Crippen molar-refractivity contribution in [1.82, 2.24) is 0 Å². The lowest BCUT2D eigenvalue weighted by atomic mass is 9.34. The van der Waals surface area contributed by atoms with E-state index in [0.717, 1.165) is 31.3 Å². The van der Waals surface area contributed by atoms with Gasteiger partial charge in [0.25, 0.3) is 0 Å². The van der Waals surface area contributed by atoms with Crippen LogP contribution in [0, 0.1) is 56.7 Å². The van der Waals surface area contributed by atoms with Crippen LogP contribution in [0.25, 0.3) is 0 Å². The molecule has 3 saturated carbocycles. The number of rotatable bonds is 9. The minimum Gasteiger partial charge on any atom is -0.481 e. The monoisotopic (exact) mass is 647 g/mol. The van der Waals surface area contributed by atoms with Crippen molar-refractivity contribution < 1.29 is 43.9 Å². The molecule has 46 heavy (non-hydrogen) atoms. The van der Waals surface area contributed by atoms with Crippen molar-refractivity contribution in [2.45, 2.75) is 105 Å². The second kappa shape index (κ2) is 11.6. The Morgan fingerprint density at radius 2 is 1.80 bits per heavy atom. The minimum absolute atomic E-state index is 0.0269. The summed E-state index contributed by atoms with van der Waals surface area (Å²) in [7, 11) is 0. The Morgan fingerprint density at radius 1 is 1.13 bits per heavy atom. The first kappa shape index (κ1) is 35.5. The van der Waals surface area contributed by atoms with Crippen LogP contribution in [-0.2, 0) is 28.6 Å². The number of carboxylic acid groups (broad SMARTS) is 1. The van der Waals surface area contributed by atoms with Gasteiger partial charge >= 0.3 is 11.9 Å². The second-order valence-electron chi connectivity index (χ2n) is 16.9. The van der Waals surface area contributed by atoms with Crippen LogP contribution in [0.4, 0.5) is 0 Å². The van der Waals surface area contributed by atoms with Crippen LogP contribution < -0.4 is 5.73 Å². The van der Waals surface area contributed by atoms with E-state index in [0.29, 0.717) is 19.6 Å². The van der Waals surface area contributed by atoms with Gasteiger partial charge in [0.1, 0.15) is 17.8 Å². The van der Waals surface area contributed by atoms with Crippen LogP contribution in [-0.4, -0.2) is 83.8 Å². The van der Waals surface area contributed by atoms with Crippen molar-refractivity contribution in [2.75, 3.05) is 33.0 Å². The SMILES string of the molecule is CC(=O)O[C@@H]1C[C@@]23COC[C@](C)([C@@H]2CC[C@H]2C3=CC(=O)[C@@]3(C)[C@H](C(=O)O)[C@@](C)([C@H](C)C(C)C)CC[C@]23C)[C@H]1OC[C@@](O)(CN)CO. The quantitative estimate of drug-likeness (QED) is 0.271. The van der Waals surface area contributed by atoms with E-state index in [2.05, 4.69) is 41.5 Å². The van der Waals surface area contributed by atoms with E-state index < -0.39 is 69.3 Å². The molecule has 1 saturated heterocycles. The van der Waals surface area contributed by atoms with Gasteiger partial charge in [-0.25, -0.2) is 0 Å². The van der Waals surface area contributed by atoms with Crippen molar-refractivity contribution in [3.05, 3.63) is 11.6 Å². The molecule has 10 nitrogen and oxygen atoms in total. The largest absolute Gasteiger partial charge is 0.481 e. The van der Waals surface area contributed by atoms with Gasteiger partial charge in [-0.2, -0.15) is 0 Å². The molecule has 0 aromatic carbocycles. The number of esters is 1. The first-order chi connectivity index (χ1) is 21.3. The highest BCUT2D eigenvalue weighted by Crippen LogP contribution is 2.74. The maximum absolute atomic E-state index is 14.8. The highest BCUT2D eigenvalue weighted by molar-refractivity contribution is 6.00. The molecule has 5 N–H and O–H groups in total. The number of ether oxygens (including phenoxy) is 3. The molecule has 1 heterocycles. The number of nitrogens with two attached hydrogens (primary N) is 1. The fourth-order valence-electron chi connectivity index (χ4n) is 11.4. The molecule has 0 amide bonds. The smallest absolute Gasteiger partial charge is 0.308 e. The van der Waals surface area contributed by atoms with Crippen molar-refractivity contribution in [2.24, 2.45) is 62.4 Å². The third-order valence-corrected chi connectivity index (χ3v) is 14.5. The zero-order valence-electron chi connectivity index (χ0n) is 29.1. The number of ketones is 1. The molecule has 0 unspecified atom stereocenters. The van der Waals surface area contributed by atoms with Gasteiger partial charge in [0.15, 0.2) is 5.78 Å². The maximum Gasteiger partial charge on any atom is 0.308 e. The number of fused-ring (bicyclic) bond motifs is 3. The van der Waals surface area contributed by atoms with E-state index in [1.54, 1.807) is 6.08 Å². The van der Waals surface area contributed by atoms with Crippen molar-refractivity contribution >= 4 is 17.7 Å². The van der Waals surface area contributed by atoms with E-state index in [4.69, 9.17) is 19.9 Å². The third kappa shape index (κ3) is 4.78. The summed E-state index contributed by atoms with van der Waals surface area (Å²) in [5.41, 5.74) is 1.63. The Balaban J connectivity index is 1.62. The molecule has 10 heteroatoms. The van der Waals surface area contributed by atoms with E-state index in [9.17, 15) is 29.7 Å². The number of hydrogen-bond acceptors (Lipinski definition) is 9. The summed E-state index contributed by atoms with van der Waals surface area (Å²) in [4.78, 5) is 40.6. The number of aliphatic hydroxyl groups is 2. The van der Waals surface area contributed by atoms with Gasteiger partial charge in [-0.15, -0.1) is 0 Å². The Morgan fingerprint density at radius 3 is 2.37 bits per heavy atom. The zero-order chi connectivity index (χ0) is 34.3. The van der Waals surface area contributed by atoms with Gasteiger partial charge in [0, 0.05) is 29.7 Å². The molecule has 12 atom stereocenters. The van der Waals surface area contributed by atoms with Gasteiger partial charge in [0.05, 0.1) is 32.3 Å². The molecule has 4 fully saturated rings. The highest BCUT2D eigenvalue weighted by Gasteiger charge is 2.74. The lowest BCUT2D eigenvalue weighted by Crippen LogP contribution is -2.71. The Bertz CT molecular complexity index is 1280. The summed E-state index contributed by atoms with van der Waals surface area (Å²) in [5, 5.41) is 31.4. The average molecular weight is 648 g/mol. The number of hydrogen-bond donors (Lipinski definition) is 4. The molecule has 0 radical (unpaired) electrons. The normalized spacial score (nSPS) is 45.4. The fraction of sp³-hybridized carbons (Fsp3) is 0.861. The maximum atomic E-state index is 14.8. The van der Waals surface area contributed by atoms with Crippen LogP contribution >= 0.6 is 0 Å². The number of aliphatic carboxylic acids is 1. The number of carbonyl (C=O) groups is 3. The fourth-order valence-corrected chi connectivity index (χ4v) is 11.4. The molecular formula is C36H57NO9. The van der Waals surface area contributed by atoms with Crippen LogP contribution in [0.2, 0.25) is 0 Å². The first-order valence-electron chi connectivity index (χ1n) is 17.2. The third-order valence-electron chi connectivity index (χ3n) is 14.5. The summed E-state index contributed by atoms with van der Waals surface area (Å²) < 4.78 is 18.7. The van der Waals surface area contributed by atoms with Crippen LogP contribution in [0.15, 0.2) is 11.6 Å². The lowest BCUT2D eigenvalue weighted by molar-refractivity contribution is -0.272. The Kier molecular flexibility index (Phi) is 8.97. The summed E-state index contributed by atoms with van der Waals surface area (Å²) in [5.74, 6) is -1.96. The summed E-state index contributed by atoms with van der Waals surface area (Å²) in [6, 6.07) is 0. The van der Waals surface area contributed by atoms with Crippen LogP contribution in [0.5, 0.6) is 0 Å². The number of allylic oxidation sites excluding steroid dienone is 1. The highest BCUT2D eigenvalue weighted by atomic mass is 16.6. The first-order valence-corrected chi connectivity index (χ1v) is 17.2. The van der Waals surface area contributed by atoms with E-state index in [1.165, 1.54) is 6.92 Å². The number of aliphatic hydroxyl groups excluding tert-OH is 1. The number of carbonyl (C=O) groups excluding carboxylic acids is 2. The second-order valence-corrected chi connectivity index (χ2v) is 16.9.